The summed E-state index contributed by atoms with van der Waals surface area (Å²) in [4.78, 5) is 33.7. The number of anilines is 2. The summed E-state index contributed by atoms with van der Waals surface area (Å²) < 4.78 is 42.4. The van der Waals surface area contributed by atoms with Crippen molar-refractivity contribution in [3.8, 4) is 0 Å². The van der Waals surface area contributed by atoms with Gasteiger partial charge < -0.3 is 0 Å². The molecule has 0 radical (unpaired) electrons. The fraction of sp³-hybridized carbons (Fsp3) is 0.480. The summed E-state index contributed by atoms with van der Waals surface area (Å²) in [5, 5.41) is 31.3. The van der Waals surface area contributed by atoms with E-state index in [0.717, 1.165) is 66.6 Å². The summed E-state index contributed by atoms with van der Waals surface area (Å²) in [5.41, 5.74) is 3.04. The van der Waals surface area contributed by atoms with Gasteiger partial charge in [-0.2, -0.15) is 0 Å². The van der Waals surface area contributed by atoms with Gasteiger partial charge in [0.1, 0.15) is 0 Å². The van der Waals surface area contributed by atoms with Crippen molar-refractivity contribution >= 4 is 74.6 Å². The van der Waals surface area contributed by atoms with E-state index in [9.17, 15) is 15.8 Å². The molecule has 2 amide bonds. The van der Waals surface area contributed by atoms with Gasteiger partial charge in [-0.3, -0.25) is 0 Å². The van der Waals surface area contributed by atoms with E-state index < -0.39 is 80.7 Å². The monoisotopic (exact) mass is 1150 g/mol. The Morgan fingerprint density at radius 3 is 1.74 bits per heavy atom. The van der Waals surface area contributed by atoms with Gasteiger partial charge in [0.2, 0.25) is 0 Å². The zero-order chi connectivity index (χ0) is 47.6. The van der Waals surface area contributed by atoms with Gasteiger partial charge in [-0.1, -0.05) is 43.7 Å². The molecule has 4 aromatic rings. The normalized spacial score (nSPS) is 30.6. The second-order valence-electron chi connectivity index (χ2n) is 19.1. The van der Waals surface area contributed by atoms with Crippen LogP contribution >= 0.6 is 0 Å². The third-order valence-corrected chi connectivity index (χ3v) is 21.2. The van der Waals surface area contributed by atoms with Crippen LogP contribution in [-0.2, 0) is 37.8 Å². The molecule has 18 heteroatoms. The zero-order valence-corrected chi connectivity index (χ0v) is 44.0. The molecule has 4 aliphatic heterocycles. The predicted molar refractivity (Wildman–Crippen MR) is 257 cm³/mol. The van der Waals surface area contributed by atoms with Crippen LogP contribution in [0, 0.1) is 11.8 Å². The van der Waals surface area contributed by atoms with Crippen LogP contribution in [-0.4, -0.2) is 101 Å². The standard InChI is InChI=1S/C50H58N10O6Te2/c1-33-16-14-26-47(33,35-18-8-7-9-19-35)53-51-37-21-12-20-36(32-37)48(27-15-17-34(48)2)55-56-50-29-31-58(46(62)66-4)44(50)60(68(6)64)42-39(50)23-13-24-40(42)52-54-49-28-30-57(45(61)65-3)43(49)59(67(5)63)41-25-11-10-22-38(41)49/h7-13,18-25,32-34,43-44H,14-17,26-31H2,1-6H3/t33-,34-,43+,44-,47-,48-,49+,50-/m1/s1. The van der Waals surface area contributed by atoms with Crippen LogP contribution < -0.4 is 6.30 Å². The second-order valence-corrected chi connectivity index (χ2v) is 26.1. The number of fused-ring (bicyclic) bond motifs is 6. The first-order chi connectivity index (χ1) is 32.9. The van der Waals surface area contributed by atoms with E-state index in [0.29, 0.717) is 43.2 Å². The maximum absolute atomic E-state index is 14.4. The number of rotatable bonds is 10. The first-order valence-corrected chi connectivity index (χ1v) is 32.1. The van der Waals surface area contributed by atoms with Crippen LogP contribution in [0.5, 0.6) is 0 Å². The summed E-state index contributed by atoms with van der Waals surface area (Å²) in [6, 6.07) is 32.2. The van der Waals surface area contributed by atoms with Gasteiger partial charge in [0.05, 0.1) is 0 Å². The molecule has 10 rings (SSSR count). The Bertz CT molecular complexity index is 2780. The molecule has 68 heavy (non-hydrogen) atoms. The molecule has 2 aliphatic carbocycles. The van der Waals surface area contributed by atoms with Crippen molar-refractivity contribution < 1.29 is 25.3 Å². The Morgan fingerprint density at radius 1 is 0.588 bits per heavy atom. The summed E-state index contributed by atoms with van der Waals surface area (Å²) in [5.74, 6) is 0.475. The van der Waals surface area contributed by atoms with Crippen molar-refractivity contribution in [2.75, 3.05) is 33.6 Å². The second kappa shape index (κ2) is 18.1. The van der Waals surface area contributed by atoms with Gasteiger partial charge in [0.25, 0.3) is 0 Å². The number of hydrogen-bond donors (Lipinski definition) is 0. The molecule has 356 valence electrons. The Balaban J connectivity index is 1.08. The van der Waals surface area contributed by atoms with Crippen molar-refractivity contribution in [3.63, 3.8) is 0 Å². The number of benzene rings is 4. The molecular weight excluding hydrogens is 1090 g/mol. The van der Waals surface area contributed by atoms with Gasteiger partial charge in [0, 0.05) is 0 Å². The van der Waals surface area contributed by atoms with Crippen LogP contribution in [0.15, 0.2) is 128 Å². The molecule has 4 heterocycles. The average Bonchev–Trinajstić information content (AvgIpc) is 4.20. The maximum atomic E-state index is 14.4. The molecule has 0 spiro atoms. The quantitative estimate of drug-likeness (QED) is 0.111. The molecule has 2 saturated heterocycles. The fourth-order valence-electron chi connectivity index (χ4n) is 12.4. The van der Waals surface area contributed by atoms with Crippen molar-refractivity contribution in [3.05, 3.63) is 119 Å². The number of nitrogens with zero attached hydrogens (tertiary/aromatic N) is 10. The van der Waals surface area contributed by atoms with E-state index in [1.165, 1.54) is 19.8 Å². The molecule has 16 nitrogen and oxygen atoms in total. The Morgan fingerprint density at radius 2 is 1.12 bits per heavy atom. The van der Waals surface area contributed by atoms with Gasteiger partial charge in [-0.05, 0) is 24.3 Å². The van der Waals surface area contributed by atoms with E-state index in [4.69, 9.17) is 40.2 Å². The number of carbonyl (C=O) groups excluding carboxylic acids is 2. The van der Waals surface area contributed by atoms with Crippen molar-refractivity contribution in [2.45, 2.75) is 110 Å². The number of hydrogen-bond acceptors (Lipinski definition) is 12. The van der Waals surface area contributed by atoms with Crippen LogP contribution in [0.4, 0.5) is 32.3 Å². The Kier molecular flexibility index (Phi) is 12.4. The fourth-order valence-corrected chi connectivity index (χ4v) is 18.1. The van der Waals surface area contributed by atoms with E-state index in [-0.39, 0.29) is 11.5 Å². The summed E-state index contributed by atoms with van der Waals surface area (Å²) in [6.45, 7) is 5.13. The van der Waals surface area contributed by atoms with Gasteiger partial charge in [-0.25, -0.2) is 0 Å². The average molecular weight is 1150 g/mol. The summed E-state index contributed by atoms with van der Waals surface area (Å²) >= 11 is -6.65. The van der Waals surface area contributed by atoms with E-state index >= 15 is 0 Å². The Labute approximate surface area is 412 Å². The van der Waals surface area contributed by atoms with E-state index in [1.54, 1.807) is 19.7 Å². The SMILES string of the molecule is COC(=O)N1CC[C@@]2(N=N[C@]3(c4cccc(N=N[C@]5(c6ccccc6)CCC[C@H]5C)c4)CCC[C@H]3C)c3cccc(N=N[C@]45CCN(C(=O)OC)[C@H]4N([Te](C)=O)c4ccccc45)c3N([Te](C)=O)[C@@H]12. The Hall–Kier alpha value is -5.00. The number of likely N-dealkylation sites (tertiary alicyclic amines) is 2. The number of ether oxygens (including phenoxy) is 2. The third-order valence-electron chi connectivity index (χ3n) is 15.8. The van der Waals surface area contributed by atoms with Crippen LogP contribution in [0.2, 0.25) is 9.94 Å². The first kappa shape index (κ1) is 46.7. The number of amides is 2. The molecule has 0 N–H and O–H groups in total. The van der Waals surface area contributed by atoms with Crippen LogP contribution in [0.25, 0.3) is 0 Å². The van der Waals surface area contributed by atoms with Gasteiger partial charge in [0.15, 0.2) is 0 Å². The zero-order valence-electron chi connectivity index (χ0n) is 39.4. The minimum absolute atomic E-state index is 0.126. The molecule has 4 fully saturated rings. The molecular formula is C50H58N10O6Te2. The van der Waals surface area contributed by atoms with Crippen LogP contribution in [0.3, 0.4) is 0 Å². The van der Waals surface area contributed by atoms with E-state index in [1.807, 2.05) is 67.0 Å². The molecule has 0 unspecified atom stereocenters. The minimum atomic E-state index is -3.47. The number of methoxy groups -OCH3 is 2. The number of carbonyl (C=O) groups is 2. The summed E-state index contributed by atoms with van der Waals surface area (Å²) in [6.07, 6.45) is 4.03. The van der Waals surface area contributed by atoms with Gasteiger partial charge >= 0.3 is 347 Å². The first-order valence-electron chi connectivity index (χ1n) is 23.5. The van der Waals surface area contributed by atoms with Gasteiger partial charge in [-0.15, -0.1) is 0 Å². The van der Waals surface area contributed by atoms with Crippen molar-refractivity contribution in [1.29, 1.82) is 0 Å². The van der Waals surface area contributed by atoms with Crippen molar-refractivity contribution in [1.82, 2.24) is 9.80 Å². The molecule has 0 aromatic heterocycles. The third kappa shape index (κ3) is 7.17. The van der Waals surface area contributed by atoms with Crippen LogP contribution in [0.1, 0.15) is 87.5 Å². The van der Waals surface area contributed by atoms with E-state index in [2.05, 4.69) is 50.2 Å². The summed E-state index contributed by atoms with van der Waals surface area (Å²) in [7, 11) is 2.70. The topological polar surface area (TPSA) is 174 Å². The molecule has 6 aliphatic rings. The molecule has 0 bridgehead atoms. The predicted octanol–water partition coefficient (Wildman–Crippen LogP) is 11.2. The number of para-hydroxylation sites is 2. The molecule has 4 aromatic carbocycles. The number of azo groups is 3. The molecule has 8 atom stereocenters. The molecule has 2 saturated carbocycles. The van der Waals surface area contributed by atoms with Crippen molar-refractivity contribution in [2.24, 2.45) is 42.5 Å².